The third-order valence-electron chi connectivity index (χ3n) is 2.69. The van der Waals surface area contributed by atoms with Gasteiger partial charge in [0, 0.05) is 16.2 Å². The predicted molar refractivity (Wildman–Crippen MR) is 75.6 cm³/mol. The topological polar surface area (TPSA) is 89.9 Å². The summed E-state index contributed by atoms with van der Waals surface area (Å²) >= 11 is 0.908. The molecule has 1 aromatic heterocycles. The number of carbonyl (C=O) groups is 1. The molecule has 0 aliphatic rings. The molecule has 114 valence electrons. The Bertz CT molecular complexity index is 809. The number of thiophene rings is 1. The van der Waals surface area contributed by atoms with Gasteiger partial charge in [-0.3, -0.25) is 9.35 Å². The first-order valence-electron chi connectivity index (χ1n) is 5.59. The first-order valence-corrected chi connectivity index (χ1v) is 8.01. The number of benzene rings is 1. The Hall–Kier alpha value is -1.71. The fourth-order valence-electron chi connectivity index (χ4n) is 1.81. The molecule has 9 heteroatoms. The van der Waals surface area contributed by atoms with Crippen molar-refractivity contribution in [3.63, 3.8) is 0 Å². The quantitative estimate of drug-likeness (QED) is 0.665. The molecule has 0 saturated heterocycles. The maximum absolute atomic E-state index is 14.3. The lowest BCUT2D eigenvalue weighted by Crippen LogP contribution is -2.13. The number of ether oxygens (including phenoxy) is 2. The van der Waals surface area contributed by atoms with Crippen LogP contribution in [-0.2, 0) is 10.1 Å². The smallest absolute Gasteiger partial charge is 0.272 e. The van der Waals surface area contributed by atoms with Crippen molar-refractivity contribution >= 4 is 37.3 Å². The SMILES string of the molecule is COc1cc2sc(C(=O)CS(=O)(=O)O)cc2c(F)c1OC. The van der Waals surface area contributed by atoms with E-state index in [2.05, 4.69) is 0 Å². The maximum atomic E-state index is 14.3. The summed E-state index contributed by atoms with van der Waals surface area (Å²) in [7, 11) is -1.80. The summed E-state index contributed by atoms with van der Waals surface area (Å²) in [5.41, 5.74) is 0. The lowest BCUT2D eigenvalue weighted by molar-refractivity contribution is 0.102. The van der Waals surface area contributed by atoms with Crippen molar-refractivity contribution < 1.29 is 31.6 Å². The molecule has 2 aromatic rings. The summed E-state index contributed by atoms with van der Waals surface area (Å²) < 4.78 is 54.7. The molecule has 0 bridgehead atoms. The highest BCUT2D eigenvalue weighted by Crippen LogP contribution is 2.39. The number of ketones is 1. The van der Waals surface area contributed by atoms with Gasteiger partial charge in [-0.2, -0.15) is 8.42 Å². The molecule has 6 nitrogen and oxygen atoms in total. The fraction of sp³-hybridized carbons (Fsp3) is 0.250. The molecule has 0 unspecified atom stereocenters. The average molecular weight is 334 g/mol. The molecule has 21 heavy (non-hydrogen) atoms. The molecule has 1 N–H and O–H groups in total. The number of halogens is 1. The minimum atomic E-state index is -4.43. The number of hydrogen-bond donors (Lipinski definition) is 1. The lowest BCUT2D eigenvalue weighted by Gasteiger charge is -2.08. The monoisotopic (exact) mass is 334 g/mol. The second-order valence-electron chi connectivity index (χ2n) is 4.10. The fourth-order valence-corrected chi connectivity index (χ4v) is 3.42. The van der Waals surface area contributed by atoms with Crippen LogP contribution in [0.3, 0.4) is 0 Å². The van der Waals surface area contributed by atoms with Gasteiger partial charge in [-0.15, -0.1) is 11.3 Å². The van der Waals surface area contributed by atoms with Crippen LogP contribution < -0.4 is 9.47 Å². The van der Waals surface area contributed by atoms with Crippen molar-refractivity contribution in [2.75, 3.05) is 20.0 Å². The zero-order valence-electron chi connectivity index (χ0n) is 11.0. The summed E-state index contributed by atoms with van der Waals surface area (Å²) in [6, 6.07) is 2.72. The number of methoxy groups -OCH3 is 2. The van der Waals surface area contributed by atoms with Crippen molar-refractivity contribution in [1.29, 1.82) is 0 Å². The van der Waals surface area contributed by atoms with E-state index in [4.69, 9.17) is 14.0 Å². The van der Waals surface area contributed by atoms with Crippen molar-refractivity contribution in [2.45, 2.75) is 0 Å². The van der Waals surface area contributed by atoms with Crippen molar-refractivity contribution in [1.82, 2.24) is 0 Å². The molecular formula is C12H11FO6S2. The highest BCUT2D eigenvalue weighted by atomic mass is 32.2. The minimum Gasteiger partial charge on any atom is -0.493 e. The minimum absolute atomic E-state index is 0.0248. The largest absolute Gasteiger partial charge is 0.493 e. The highest BCUT2D eigenvalue weighted by Gasteiger charge is 2.21. The van der Waals surface area contributed by atoms with E-state index in [0.717, 1.165) is 11.3 Å². The molecule has 0 saturated carbocycles. The summed E-state index contributed by atoms with van der Waals surface area (Å²) in [5, 5.41) is 0.122. The molecule has 0 atom stereocenters. The van der Waals surface area contributed by atoms with Crippen molar-refractivity contribution in [2.24, 2.45) is 0 Å². The van der Waals surface area contributed by atoms with Crippen LogP contribution >= 0.6 is 11.3 Å². The van der Waals surface area contributed by atoms with E-state index in [0.29, 0.717) is 4.70 Å². The van der Waals surface area contributed by atoms with E-state index in [1.165, 1.54) is 26.4 Å². The predicted octanol–water partition coefficient (Wildman–Crippen LogP) is 2.13. The third kappa shape index (κ3) is 3.14. The van der Waals surface area contributed by atoms with Gasteiger partial charge in [-0.25, -0.2) is 4.39 Å². The van der Waals surface area contributed by atoms with Crippen LogP contribution in [0.1, 0.15) is 9.67 Å². The van der Waals surface area contributed by atoms with Crippen LogP contribution in [0.4, 0.5) is 4.39 Å². The zero-order valence-corrected chi connectivity index (χ0v) is 12.7. The van der Waals surface area contributed by atoms with E-state index in [9.17, 15) is 17.6 Å². The Morgan fingerprint density at radius 3 is 2.52 bits per heavy atom. The normalized spacial score (nSPS) is 11.6. The number of fused-ring (bicyclic) bond motifs is 1. The zero-order chi connectivity index (χ0) is 15.8. The molecule has 0 aliphatic carbocycles. The number of hydrogen-bond acceptors (Lipinski definition) is 6. The summed E-state index contributed by atoms with van der Waals surface area (Å²) in [4.78, 5) is 11.8. The second kappa shape index (κ2) is 5.58. The molecule has 1 aromatic carbocycles. The van der Waals surface area contributed by atoms with Gasteiger partial charge in [0.2, 0.25) is 0 Å². The number of carbonyl (C=O) groups excluding carboxylic acids is 1. The molecule has 0 aliphatic heterocycles. The molecule has 1 heterocycles. The van der Waals surface area contributed by atoms with E-state index < -0.39 is 27.5 Å². The van der Waals surface area contributed by atoms with Crippen LogP contribution in [-0.4, -0.2) is 38.7 Å². The van der Waals surface area contributed by atoms with Crippen LogP contribution in [0.5, 0.6) is 11.5 Å². The van der Waals surface area contributed by atoms with Gasteiger partial charge in [-0.1, -0.05) is 0 Å². The van der Waals surface area contributed by atoms with Gasteiger partial charge in [-0.05, 0) is 6.07 Å². The number of rotatable bonds is 5. The molecule has 0 spiro atoms. The van der Waals surface area contributed by atoms with Crippen molar-refractivity contribution in [3.8, 4) is 11.5 Å². The Balaban J connectivity index is 2.56. The Labute approximate surface area is 123 Å². The van der Waals surface area contributed by atoms with Gasteiger partial charge in [0.25, 0.3) is 10.1 Å². The van der Waals surface area contributed by atoms with E-state index >= 15 is 0 Å². The van der Waals surface area contributed by atoms with Gasteiger partial charge in [0.05, 0.1) is 19.1 Å². The Morgan fingerprint density at radius 1 is 1.33 bits per heavy atom. The van der Waals surface area contributed by atoms with Crippen LogP contribution in [0.15, 0.2) is 12.1 Å². The molecular weight excluding hydrogens is 323 g/mol. The highest BCUT2D eigenvalue weighted by molar-refractivity contribution is 7.86. The van der Waals surface area contributed by atoms with Crippen LogP contribution in [0.2, 0.25) is 0 Å². The summed E-state index contributed by atoms with van der Waals surface area (Å²) in [6.07, 6.45) is 0. The van der Waals surface area contributed by atoms with E-state index in [1.807, 2.05) is 0 Å². The van der Waals surface area contributed by atoms with Gasteiger partial charge >= 0.3 is 0 Å². The third-order valence-corrected chi connectivity index (χ3v) is 4.45. The van der Waals surface area contributed by atoms with Crippen LogP contribution in [0.25, 0.3) is 10.1 Å². The maximum Gasteiger partial charge on any atom is 0.272 e. The van der Waals surface area contributed by atoms with Gasteiger partial charge in [0.15, 0.2) is 23.1 Å². The van der Waals surface area contributed by atoms with E-state index in [-0.39, 0.29) is 21.8 Å². The van der Waals surface area contributed by atoms with Crippen molar-refractivity contribution in [3.05, 3.63) is 22.8 Å². The Morgan fingerprint density at radius 2 is 2.00 bits per heavy atom. The number of Topliss-reactive ketones (excluding diaryl/α,β-unsaturated/α-hetero) is 1. The molecule has 0 radical (unpaired) electrons. The Kier molecular flexibility index (Phi) is 4.17. The molecule has 0 amide bonds. The lowest BCUT2D eigenvalue weighted by atomic mass is 10.2. The second-order valence-corrected chi connectivity index (χ2v) is 6.63. The summed E-state index contributed by atoms with van der Waals surface area (Å²) in [5.74, 6) is -2.49. The summed E-state index contributed by atoms with van der Waals surface area (Å²) in [6.45, 7) is 0. The molecule has 0 fully saturated rings. The first-order chi connectivity index (χ1) is 9.76. The van der Waals surface area contributed by atoms with Gasteiger partial charge in [0.1, 0.15) is 5.75 Å². The van der Waals surface area contributed by atoms with Gasteiger partial charge < -0.3 is 9.47 Å². The van der Waals surface area contributed by atoms with Crippen LogP contribution in [0, 0.1) is 5.82 Å². The molecule has 2 rings (SSSR count). The average Bonchev–Trinajstić information content (AvgIpc) is 2.81. The first kappa shape index (κ1) is 15.7. The standard InChI is InChI=1S/C12H11FO6S2/c1-18-8-4-9-6(11(13)12(8)19-2)3-10(20-9)7(14)5-21(15,16)17/h3-4H,5H2,1-2H3,(H,15,16,17). The van der Waals surface area contributed by atoms with E-state index in [1.54, 1.807) is 0 Å².